The number of benzene rings is 1. The average molecular weight is 354 g/mol. The summed E-state index contributed by atoms with van der Waals surface area (Å²) in [5.74, 6) is 1.03. The summed E-state index contributed by atoms with van der Waals surface area (Å²) in [6.07, 6.45) is 1.07. The number of hydrogen-bond donors (Lipinski definition) is 2. The van der Waals surface area contributed by atoms with Crippen molar-refractivity contribution in [3.05, 3.63) is 21.6 Å². The van der Waals surface area contributed by atoms with Crippen LogP contribution in [0.15, 0.2) is 21.5 Å². The molecule has 1 aromatic carbocycles. The zero-order valence-electron chi connectivity index (χ0n) is 9.78. The van der Waals surface area contributed by atoms with Crippen LogP contribution in [0.2, 0.25) is 5.02 Å². The summed E-state index contributed by atoms with van der Waals surface area (Å²) in [7, 11) is -3.61. The molecule has 1 aromatic rings. The minimum atomic E-state index is -3.61. The van der Waals surface area contributed by atoms with Crippen molar-refractivity contribution in [2.75, 3.05) is 12.3 Å². The van der Waals surface area contributed by atoms with Crippen molar-refractivity contribution in [1.29, 1.82) is 0 Å². The van der Waals surface area contributed by atoms with Gasteiger partial charge in [-0.2, -0.15) is 0 Å². The Labute approximate surface area is 120 Å². The Hall–Kier alpha value is -0.300. The maximum Gasteiger partial charge on any atom is 0.242 e. The van der Waals surface area contributed by atoms with Crippen LogP contribution in [0.5, 0.6) is 0 Å². The molecule has 1 aliphatic rings. The van der Waals surface area contributed by atoms with Crippen LogP contribution >= 0.6 is 27.5 Å². The van der Waals surface area contributed by atoms with Crippen LogP contribution in [-0.4, -0.2) is 15.0 Å². The van der Waals surface area contributed by atoms with Gasteiger partial charge >= 0.3 is 0 Å². The number of halogens is 2. The molecular formula is C11H14BrClN2O2S. The molecule has 0 radical (unpaired) electrons. The van der Waals surface area contributed by atoms with Crippen molar-refractivity contribution in [3.63, 3.8) is 0 Å². The van der Waals surface area contributed by atoms with Crippen molar-refractivity contribution < 1.29 is 8.42 Å². The number of nitrogens with two attached hydrogens (primary N) is 1. The average Bonchev–Trinajstić information content (AvgIpc) is 2.97. The van der Waals surface area contributed by atoms with E-state index in [4.69, 9.17) is 17.3 Å². The van der Waals surface area contributed by atoms with E-state index < -0.39 is 10.0 Å². The summed E-state index contributed by atoms with van der Waals surface area (Å²) < 4.78 is 27.3. The second-order valence-corrected chi connectivity index (χ2v) is 7.61. The van der Waals surface area contributed by atoms with Crippen LogP contribution in [0.25, 0.3) is 0 Å². The second-order valence-electron chi connectivity index (χ2n) is 4.64. The molecule has 0 aliphatic heterocycles. The van der Waals surface area contributed by atoms with Crippen LogP contribution in [0.1, 0.15) is 13.3 Å². The summed E-state index contributed by atoms with van der Waals surface area (Å²) >= 11 is 9.17. The highest BCUT2D eigenvalue weighted by Gasteiger charge is 2.33. The molecule has 0 bridgehead atoms. The maximum absolute atomic E-state index is 12.1. The first-order valence-electron chi connectivity index (χ1n) is 5.55. The van der Waals surface area contributed by atoms with Crippen LogP contribution in [-0.2, 0) is 10.0 Å². The predicted molar refractivity (Wildman–Crippen MR) is 76.0 cm³/mol. The van der Waals surface area contributed by atoms with Gasteiger partial charge in [-0.25, -0.2) is 13.1 Å². The SMILES string of the molecule is CC1CC1CNS(=O)(=O)c1cc(N)cc(Br)c1Cl. The smallest absolute Gasteiger partial charge is 0.242 e. The minimum Gasteiger partial charge on any atom is -0.399 e. The normalized spacial score (nSPS) is 23.1. The summed E-state index contributed by atoms with van der Waals surface area (Å²) in [5, 5.41) is 0.153. The number of nitrogen functional groups attached to an aromatic ring is 1. The van der Waals surface area contributed by atoms with E-state index in [1.54, 1.807) is 6.07 Å². The molecule has 18 heavy (non-hydrogen) atoms. The van der Waals surface area contributed by atoms with Gasteiger partial charge in [-0.3, -0.25) is 0 Å². The van der Waals surface area contributed by atoms with Crippen LogP contribution in [0, 0.1) is 11.8 Å². The van der Waals surface area contributed by atoms with Crippen molar-refractivity contribution >= 4 is 43.2 Å². The number of sulfonamides is 1. The zero-order chi connectivity index (χ0) is 13.5. The lowest BCUT2D eigenvalue weighted by Gasteiger charge is -2.10. The van der Waals surface area contributed by atoms with Gasteiger partial charge in [0.1, 0.15) is 4.90 Å². The molecule has 0 aromatic heterocycles. The quantitative estimate of drug-likeness (QED) is 0.817. The molecular weight excluding hydrogens is 340 g/mol. The van der Waals surface area contributed by atoms with E-state index in [9.17, 15) is 8.42 Å². The van der Waals surface area contributed by atoms with Gasteiger partial charge in [0, 0.05) is 16.7 Å². The maximum atomic E-state index is 12.1. The van der Waals surface area contributed by atoms with Gasteiger partial charge in [-0.15, -0.1) is 0 Å². The summed E-state index contributed by atoms with van der Waals surface area (Å²) in [5.41, 5.74) is 5.99. The fourth-order valence-electron chi connectivity index (χ4n) is 1.76. The fraction of sp³-hybridized carbons (Fsp3) is 0.455. The number of nitrogens with one attached hydrogen (secondary N) is 1. The highest BCUT2D eigenvalue weighted by atomic mass is 79.9. The Morgan fingerprint density at radius 2 is 2.17 bits per heavy atom. The molecule has 2 unspecified atom stereocenters. The Kier molecular flexibility index (Phi) is 3.92. The van der Waals surface area contributed by atoms with Crippen molar-refractivity contribution in [3.8, 4) is 0 Å². The van der Waals surface area contributed by atoms with E-state index in [-0.39, 0.29) is 9.92 Å². The third-order valence-corrected chi connectivity index (χ3v) is 5.94. The molecule has 1 aliphatic carbocycles. The largest absolute Gasteiger partial charge is 0.399 e. The molecule has 3 N–H and O–H groups in total. The monoisotopic (exact) mass is 352 g/mol. The molecule has 4 nitrogen and oxygen atoms in total. The van der Waals surface area contributed by atoms with Gasteiger partial charge < -0.3 is 5.73 Å². The van der Waals surface area contributed by atoms with E-state index in [2.05, 4.69) is 27.6 Å². The van der Waals surface area contributed by atoms with E-state index in [0.29, 0.717) is 28.5 Å². The minimum absolute atomic E-state index is 0.0179. The van der Waals surface area contributed by atoms with E-state index in [1.807, 2.05) is 0 Å². The molecule has 0 amide bonds. The third kappa shape index (κ3) is 2.99. The lowest BCUT2D eigenvalue weighted by molar-refractivity contribution is 0.574. The van der Waals surface area contributed by atoms with E-state index in [1.165, 1.54) is 6.07 Å². The Balaban J connectivity index is 2.23. The molecule has 0 heterocycles. The van der Waals surface area contributed by atoms with Crippen molar-refractivity contribution in [2.45, 2.75) is 18.2 Å². The zero-order valence-corrected chi connectivity index (χ0v) is 12.9. The molecule has 0 spiro atoms. The summed E-state index contributed by atoms with van der Waals surface area (Å²) in [6.45, 7) is 2.55. The second kappa shape index (κ2) is 5.00. The highest BCUT2D eigenvalue weighted by Crippen LogP contribution is 2.37. The molecule has 1 fully saturated rings. The van der Waals surface area contributed by atoms with Gasteiger partial charge in [0.25, 0.3) is 0 Å². The van der Waals surface area contributed by atoms with Crippen LogP contribution in [0.3, 0.4) is 0 Å². The topological polar surface area (TPSA) is 72.2 Å². The highest BCUT2D eigenvalue weighted by molar-refractivity contribution is 9.10. The Morgan fingerprint density at radius 3 is 2.72 bits per heavy atom. The first-order valence-corrected chi connectivity index (χ1v) is 8.21. The molecule has 100 valence electrons. The van der Waals surface area contributed by atoms with Gasteiger partial charge in [-0.1, -0.05) is 18.5 Å². The summed E-state index contributed by atoms with van der Waals surface area (Å²) in [6, 6.07) is 2.94. The fourth-order valence-corrected chi connectivity index (χ4v) is 4.01. The number of anilines is 1. The van der Waals surface area contributed by atoms with Gasteiger partial charge in [0.05, 0.1) is 5.02 Å². The van der Waals surface area contributed by atoms with Gasteiger partial charge in [0.2, 0.25) is 10.0 Å². The Morgan fingerprint density at radius 1 is 1.56 bits per heavy atom. The first-order chi connectivity index (χ1) is 8.31. The van der Waals surface area contributed by atoms with E-state index >= 15 is 0 Å². The third-order valence-electron chi connectivity index (χ3n) is 3.12. The molecule has 2 atom stereocenters. The Bertz CT molecular complexity index is 577. The van der Waals surface area contributed by atoms with Gasteiger partial charge in [0.15, 0.2) is 0 Å². The van der Waals surface area contributed by atoms with Crippen LogP contribution in [0.4, 0.5) is 5.69 Å². The number of rotatable bonds is 4. The van der Waals surface area contributed by atoms with Crippen molar-refractivity contribution in [1.82, 2.24) is 4.72 Å². The standard InChI is InChI=1S/C11H14BrClN2O2S/c1-6-2-7(6)5-15-18(16,17)10-4-8(14)3-9(12)11(10)13/h3-4,6-7,15H,2,5,14H2,1H3. The molecule has 7 heteroatoms. The molecule has 1 saturated carbocycles. The lowest BCUT2D eigenvalue weighted by atomic mass is 10.3. The predicted octanol–water partition coefficient (Wildman–Crippen LogP) is 2.62. The van der Waals surface area contributed by atoms with Crippen molar-refractivity contribution in [2.24, 2.45) is 11.8 Å². The van der Waals surface area contributed by atoms with Crippen LogP contribution < -0.4 is 10.5 Å². The van der Waals surface area contributed by atoms with Gasteiger partial charge in [-0.05, 0) is 46.3 Å². The first kappa shape index (κ1) is 14.1. The lowest BCUT2D eigenvalue weighted by Crippen LogP contribution is -2.26. The number of hydrogen-bond acceptors (Lipinski definition) is 3. The molecule has 2 rings (SSSR count). The van der Waals surface area contributed by atoms with E-state index in [0.717, 1.165) is 6.42 Å². The molecule has 0 saturated heterocycles. The summed E-state index contributed by atoms with van der Waals surface area (Å²) in [4.78, 5) is 0.0179.